The SMILES string of the molecule is CCOC(=O)c1ccc(-c2c(OC(=O)CCl)c3cc(CC)c(OC)cc3oc2=O)o1. The maximum Gasteiger partial charge on any atom is 0.374 e. The quantitative estimate of drug-likeness (QED) is 0.312. The van der Waals surface area contributed by atoms with Crippen LogP contribution in [0.3, 0.4) is 0 Å². The Kier molecular flexibility index (Phi) is 6.47. The van der Waals surface area contributed by atoms with Crippen LogP contribution in [-0.4, -0.2) is 31.5 Å². The van der Waals surface area contributed by atoms with Gasteiger partial charge in [-0.3, -0.25) is 4.79 Å². The molecule has 0 saturated carbocycles. The summed E-state index contributed by atoms with van der Waals surface area (Å²) in [5.74, 6) is -1.55. The van der Waals surface area contributed by atoms with E-state index >= 15 is 0 Å². The van der Waals surface area contributed by atoms with Crippen LogP contribution in [0.1, 0.15) is 30.0 Å². The van der Waals surface area contributed by atoms with Crippen molar-refractivity contribution >= 4 is 34.5 Å². The van der Waals surface area contributed by atoms with Crippen molar-refractivity contribution in [3.8, 4) is 22.8 Å². The third kappa shape index (κ3) is 4.04. The fourth-order valence-electron chi connectivity index (χ4n) is 2.96. The lowest BCUT2D eigenvalue weighted by molar-refractivity contribution is -0.131. The summed E-state index contributed by atoms with van der Waals surface area (Å²) in [5, 5.41) is 0.356. The number of hydrogen-bond donors (Lipinski definition) is 0. The molecule has 0 amide bonds. The van der Waals surface area contributed by atoms with Crippen molar-refractivity contribution < 1.29 is 32.6 Å². The van der Waals surface area contributed by atoms with Crippen LogP contribution < -0.4 is 15.1 Å². The Labute approximate surface area is 176 Å². The molecule has 1 aromatic carbocycles. The second-order valence-electron chi connectivity index (χ2n) is 6.10. The van der Waals surface area contributed by atoms with Gasteiger partial charge in [-0.05, 0) is 37.1 Å². The molecule has 8 nitrogen and oxygen atoms in total. The van der Waals surface area contributed by atoms with Crippen molar-refractivity contribution in [3.63, 3.8) is 0 Å². The van der Waals surface area contributed by atoms with E-state index in [0.29, 0.717) is 17.6 Å². The average Bonchev–Trinajstić information content (AvgIpc) is 3.22. The van der Waals surface area contributed by atoms with E-state index in [0.717, 1.165) is 5.56 Å². The summed E-state index contributed by atoms with van der Waals surface area (Å²) in [6.07, 6.45) is 0.615. The monoisotopic (exact) mass is 434 g/mol. The Hall–Kier alpha value is -3.26. The number of esters is 2. The molecule has 2 heterocycles. The molecule has 3 aromatic rings. The molecular formula is C21H19ClO8. The molecule has 0 saturated heterocycles. The molecule has 0 unspecified atom stereocenters. The summed E-state index contributed by atoms with van der Waals surface area (Å²) in [5.41, 5.74) is -0.00774. The number of benzene rings is 1. The van der Waals surface area contributed by atoms with Crippen LogP contribution in [0, 0.1) is 0 Å². The molecule has 2 aromatic heterocycles. The first-order valence-electron chi connectivity index (χ1n) is 9.15. The zero-order valence-electron chi connectivity index (χ0n) is 16.6. The van der Waals surface area contributed by atoms with Crippen LogP contribution in [0.15, 0.2) is 37.9 Å². The zero-order chi connectivity index (χ0) is 21.8. The second kappa shape index (κ2) is 9.04. The van der Waals surface area contributed by atoms with Gasteiger partial charge in [-0.25, -0.2) is 9.59 Å². The predicted molar refractivity (Wildman–Crippen MR) is 108 cm³/mol. The van der Waals surface area contributed by atoms with E-state index in [-0.39, 0.29) is 35.0 Å². The Balaban J connectivity index is 2.28. The maximum atomic E-state index is 12.8. The molecule has 0 aliphatic heterocycles. The summed E-state index contributed by atoms with van der Waals surface area (Å²) < 4.78 is 26.5. The highest BCUT2D eigenvalue weighted by atomic mass is 35.5. The Morgan fingerprint density at radius 3 is 2.53 bits per heavy atom. The van der Waals surface area contributed by atoms with Crippen molar-refractivity contribution in [2.75, 3.05) is 19.6 Å². The first-order chi connectivity index (χ1) is 14.4. The lowest BCUT2D eigenvalue weighted by Gasteiger charge is -2.13. The minimum Gasteiger partial charge on any atom is -0.496 e. The topological polar surface area (TPSA) is 105 Å². The van der Waals surface area contributed by atoms with Crippen molar-refractivity contribution in [2.45, 2.75) is 20.3 Å². The molecule has 0 fully saturated rings. The van der Waals surface area contributed by atoms with Gasteiger partial charge in [-0.1, -0.05) is 6.92 Å². The van der Waals surface area contributed by atoms with Crippen LogP contribution in [0.25, 0.3) is 22.3 Å². The summed E-state index contributed by atoms with van der Waals surface area (Å²) in [6.45, 7) is 3.74. The van der Waals surface area contributed by atoms with Gasteiger partial charge in [-0.2, -0.15) is 0 Å². The Morgan fingerprint density at radius 1 is 1.13 bits per heavy atom. The molecule has 0 aliphatic rings. The van der Waals surface area contributed by atoms with Crippen molar-refractivity contribution in [3.05, 3.63) is 46.0 Å². The number of hydrogen-bond acceptors (Lipinski definition) is 8. The number of ether oxygens (including phenoxy) is 3. The van der Waals surface area contributed by atoms with Crippen LogP contribution in [-0.2, 0) is 16.0 Å². The number of fused-ring (bicyclic) bond motifs is 1. The van der Waals surface area contributed by atoms with E-state index < -0.39 is 23.4 Å². The van der Waals surface area contributed by atoms with Crippen molar-refractivity contribution in [1.29, 1.82) is 0 Å². The number of aryl methyl sites for hydroxylation is 1. The standard InChI is InChI=1S/C21H19ClO8/c1-4-11-8-12-16(9-15(11)26-3)29-21(25)18(19(12)30-17(23)10-22)13-6-7-14(28-13)20(24)27-5-2/h6-9H,4-5,10H2,1-3H3. The maximum absolute atomic E-state index is 12.8. The molecule has 0 N–H and O–H groups in total. The van der Waals surface area contributed by atoms with Gasteiger partial charge >= 0.3 is 17.6 Å². The van der Waals surface area contributed by atoms with Crippen molar-refractivity contribution in [1.82, 2.24) is 0 Å². The predicted octanol–water partition coefficient (Wildman–Crippen LogP) is 3.94. The molecule has 0 spiro atoms. The molecule has 3 rings (SSSR count). The van der Waals surface area contributed by atoms with Gasteiger partial charge in [0.2, 0.25) is 5.76 Å². The van der Waals surface area contributed by atoms with E-state index in [4.69, 9.17) is 34.6 Å². The number of carbonyl (C=O) groups excluding carboxylic acids is 2. The second-order valence-corrected chi connectivity index (χ2v) is 6.37. The number of rotatable bonds is 7. The van der Waals surface area contributed by atoms with Gasteiger partial charge in [0.15, 0.2) is 5.75 Å². The minimum absolute atomic E-state index is 0.0139. The van der Waals surface area contributed by atoms with Gasteiger partial charge in [0.25, 0.3) is 0 Å². The first-order valence-corrected chi connectivity index (χ1v) is 9.68. The molecule has 30 heavy (non-hydrogen) atoms. The molecule has 158 valence electrons. The summed E-state index contributed by atoms with van der Waals surface area (Å²) in [4.78, 5) is 36.7. The van der Waals surface area contributed by atoms with Gasteiger partial charge in [0.1, 0.15) is 28.5 Å². The van der Waals surface area contributed by atoms with Crippen LogP contribution >= 0.6 is 11.6 Å². The van der Waals surface area contributed by atoms with Gasteiger partial charge < -0.3 is 23.0 Å². The first kappa shape index (κ1) is 21.4. The van der Waals surface area contributed by atoms with Crippen molar-refractivity contribution in [2.24, 2.45) is 0 Å². The Morgan fingerprint density at radius 2 is 1.90 bits per heavy atom. The van der Waals surface area contributed by atoms with E-state index in [1.165, 1.54) is 19.2 Å². The largest absolute Gasteiger partial charge is 0.496 e. The molecule has 0 atom stereocenters. The molecule has 0 aliphatic carbocycles. The molecule has 9 heteroatoms. The fourth-order valence-corrected chi connectivity index (χ4v) is 3.01. The van der Waals surface area contributed by atoms with E-state index in [1.54, 1.807) is 19.1 Å². The highest BCUT2D eigenvalue weighted by Crippen LogP contribution is 2.38. The normalized spacial score (nSPS) is 10.8. The highest BCUT2D eigenvalue weighted by molar-refractivity contribution is 6.26. The lowest BCUT2D eigenvalue weighted by atomic mass is 10.0. The smallest absolute Gasteiger partial charge is 0.374 e. The number of methoxy groups -OCH3 is 1. The average molecular weight is 435 g/mol. The van der Waals surface area contributed by atoms with E-state index in [9.17, 15) is 14.4 Å². The summed E-state index contributed by atoms with van der Waals surface area (Å²) in [7, 11) is 1.50. The van der Waals surface area contributed by atoms with Gasteiger partial charge in [-0.15, -0.1) is 11.6 Å². The zero-order valence-corrected chi connectivity index (χ0v) is 17.3. The van der Waals surface area contributed by atoms with Gasteiger partial charge in [0.05, 0.1) is 19.1 Å². The molecular weight excluding hydrogens is 416 g/mol. The fraction of sp³-hybridized carbons (Fsp3) is 0.286. The minimum atomic E-state index is -0.823. The summed E-state index contributed by atoms with van der Waals surface area (Å²) in [6, 6.07) is 6.00. The highest BCUT2D eigenvalue weighted by Gasteiger charge is 2.25. The number of carbonyl (C=O) groups is 2. The Bertz CT molecular complexity index is 1160. The van der Waals surface area contributed by atoms with Gasteiger partial charge in [0, 0.05) is 6.07 Å². The van der Waals surface area contributed by atoms with E-state index in [1.807, 2.05) is 6.92 Å². The van der Waals surface area contributed by atoms with Crippen LogP contribution in [0.2, 0.25) is 0 Å². The summed E-state index contributed by atoms with van der Waals surface area (Å²) >= 11 is 5.60. The lowest BCUT2D eigenvalue weighted by Crippen LogP contribution is -2.14. The molecule has 0 radical (unpaired) electrons. The van der Waals surface area contributed by atoms with Crippen LogP contribution in [0.4, 0.5) is 0 Å². The third-order valence-corrected chi connectivity index (χ3v) is 4.51. The third-order valence-electron chi connectivity index (χ3n) is 4.30. The van der Waals surface area contributed by atoms with Crippen LogP contribution in [0.5, 0.6) is 11.5 Å². The number of furan rings is 1. The van der Waals surface area contributed by atoms with E-state index in [2.05, 4.69) is 0 Å². The molecule has 0 bridgehead atoms. The number of halogens is 1. The number of alkyl halides is 1.